The number of rotatable bonds is 7. The van der Waals surface area contributed by atoms with Gasteiger partial charge in [-0.1, -0.05) is 13.8 Å². The number of hydrogen-bond acceptors (Lipinski definition) is 5. The van der Waals surface area contributed by atoms with E-state index >= 15 is 0 Å². The SMILES string of the molecule is CCN(CC)S(=O)(=O)c1ccc(S(=O)(=O)N2CCC[C@H](C(=O)NC(C)(C)C)C2)cc1. The molecule has 0 radical (unpaired) electrons. The fraction of sp³-hybridized carbons (Fsp3) is 0.650. The van der Waals surface area contributed by atoms with E-state index in [0.29, 0.717) is 32.5 Å². The molecule has 1 amide bonds. The highest BCUT2D eigenvalue weighted by atomic mass is 32.2. The molecular weight excluding hydrogens is 426 g/mol. The minimum Gasteiger partial charge on any atom is -0.351 e. The van der Waals surface area contributed by atoms with E-state index < -0.39 is 26.0 Å². The van der Waals surface area contributed by atoms with Gasteiger partial charge in [0, 0.05) is 31.7 Å². The summed E-state index contributed by atoms with van der Waals surface area (Å²) in [6, 6.07) is 5.30. The maximum absolute atomic E-state index is 13.1. The van der Waals surface area contributed by atoms with E-state index in [2.05, 4.69) is 5.32 Å². The monoisotopic (exact) mass is 459 g/mol. The number of benzene rings is 1. The van der Waals surface area contributed by atoms with Crippen molar-refractivity contribution in [1.29, 1.82) is 0 Å². The second-order valence-electron chi connectivity index (χ2n) is 8.50. The van der Waals surface area contributed by atoms with Crippen LogP contribution in [0.5, 0.6) is 0 Å². The van der Waals surface area contributed by atoms with Crippen LogP contribution < -0.4 is 5.32 Å². The summed E-state index contributed by atoms with van der Waals surface area (Å²) in [5.74, 6) is -0.557. The molecule has 0 unspecified atom stereocenters. The molecule has 1 aliphatic rings. The van der Waals surface area contributed by atoms with E-state index in [-0.39, 0.29) is 27.8 Å². The van der Waals surface area contributed by atoms with Gasteiger partial charge in [0.15, 0.2) is 0 Å². The molecule has 2 rings (SSSR count). The molecule has 1 saturated heterocycles. The molecule has 10 heteroatoms. The average molecular weight is 460 g/mol. The van der Waals surface area contributed by atoms with Crippen molar-refractivity contribution >= 4 is 26.0 Å². The van der Waals surface area contributed by atoms with Crippen LogP contribution in [0.3, 0.4) is 0 Å². The molecule has 0 aliphatic carbocycles. The van der Waals surface area contributed by atoms with Gasteiger partial charge in [0.25, 0.3) is 0 Å². The minimum absolute atomic E-state index is 0.0258. The van der Waals surface area contributed by atoms with Gasteiger partial charge in [-0.15, -0.1) is 0 Å². The van der Waals surface area contributed by atoms with Gasteiger partial charge in [-0.05, 0) is 57.9 Å². The van der Waals surface area contributed by atoms with E-state index in [4.69, 9.17) is 0 Å². The average Bonchev–Trinajstić information content (AvgIpc) is 2.67. The Kier molecular flexibility index (Phi) is 7.71. The first-order valence-electron chi connectivity index (χ1n) is 10.2. The Morgan fingerprint density at radius 1 is 1.07 bits per heavy atom. The van der Waals surface area contributed by atoms with E-state index in [1.165, 1.54) is 32.9 Å². The number of nitrogens with zero attached hydrogens (tertiary/aromatic N) is 2. The van der Waals surface area contributed by atoms with Crippen molar-refractivity contribution in [1.82, 2.24) is 13.9 Å². The van der Waals surface area contributed by atoms with Crippen LogP contribution in [-0.4, -0.2) is 63.1 Å². The van der Waals surface area contributed by atoms with Gasteiger partial charge in [-0.25, -0.2) is 16.8 Å². The lowest BCUT2D eigenvalue weighted by molar-refractivity contribution is -0.127. The highest BCUT2D eigenvalue weighted by Gasteiger charge is 2.34. The minimum atomic E-state index is -3.82. The summed E-state index contributed by atoms with van der Waals surface area (Å²) in [6.07, 6.45) is 1.23. The summed E-state index contributed by atoms with van der Waals surface area (Å²) in [4.78, 5) is 12.6. The molecule has 30 heavy (non-hydrogen) atoms. The third kappa shape index (κ3) is 5.60. The lowest BCUT2D eigenvalue weighted by Crippen LogP contribution is -2.49. The molecule has 8 nitrogen and oxygen atoms in total. The predicted octanol–water partition coefficient (Wildman–Crippen LogP) is 2.03. The van der Waals surface area contributed by atoms with Crippen LogP contribution in [0.25, 0.3) is 0 Å². The summed E-state index contributed by atoms with van der Waals surface area (Å²) in [7, 11) is -7.47. The molecule has 1 aliphatic heterocycles. The van der Waals surface area contributed by atoms with Crippen molar-refractivity contribution < 1.29 is 21.6 Å². The number of nitrogens with one attached hydrogen (secondary N) is 1. The Morgan fingerprint density at radius 3 is 2.10 bits per heavy atom. The van der Waals surface area contributed by atoms with Crippen LogP contribution in [0.1, 0.15) is 47.5 Å². The Hall–Kier alpha value is -1.49. The smallest absolute Gasteiger partial charge is 0.243 e. The largest absolute Gasteiger partial charge is 0.351 e. The number of amides is 1. The lowest BCUT2D eigenvalue weighted by atomic mass is 9.97. The predicted molar refractivity (Wildman–Crippen MR) is 116 cm³/mol. The molecule has 170 valence electrons. The molecule has 0 saturated carbocycles. The molecule has 1 aromatic carbocycles. The Labute approximate surface area is 180 Å². The van der Waals surface area contributed by atoms with E-state index in [1.54, 1.807) is 13.8 Å². The Morgan fingerprint density at radius 2 is 1.60 bits per heavy atom. The summed E-state index contributed by atoms with van der Waals surface area (Å²) < 4.78 is 54.0. The topological polar surface area (TPSA) is 104 Å². The molecule has 1 aromatic rings. The second kappa shape index (κ2) is 9.33. The standard InChI is InChI=1S/C20H33N3O5S2/c1-6-22(7-2)29(25,26)17-10-12-18(13-11-17)30(27,28)23-14-8-9-16(15-23)19(24)21-20(3,4)5/h10-13,16H,6-9,14-15H2,1-5H3,(H,21,24)/t16-/m0/s1. The first-order chi connectivity index (χ1) is 13.8. The van der Waals surface area contributed by atoms with Gasteiger partial charge in [0.2, 0.25) is 26.0 Å². The van der Waals surface area contributed by atoms with Crippen molar-refractivity contribution in [2.45, 2.75) is 62.8 Å². The summed E-state index contributed by atoms with van der Waals surface area (Å²) >= 11 is 0. The number of carbonyl (C=O) groups is 1. The lowest BCUT2D eigenvalue weighted by Gasteiger charge is -2.33. The van der Waals surface area contributed by atoms with Crippen molar-refractivity contribution in [2.24, 2.45) is 5.92 Å². The molecule has 0 aromatic heterocycles. The quantitative estimate of drug-likeness (QED) is 0.672. The first-order valence-corrected chi connectivity index (χ1v) is 13.1. The normalized spacial score (nSPS) is 19.1. The zero-order valence-electron chi connectivity index (χ0n) is 18.4. The molecule has 1 fully saturated rings. The van der Waals surface area contributed by atoms with Crippen LogP contribution in [0, 0.1) is 5.92 Å². The third-order valence-corrected chi connectivity index (χ3v) is 9.00. The molecule has 0 spiro atoms. The van der Waals surface area contributed by atoms with Crippen LogP contribution in [0.15, 0.2) is 34.1 Å². The number of hydrogen-bond donors (Lipinski definition) is 1. The molecular formula is C20H33N3O5S2. The Balaban J connectivity index is 2.22. The fourth-order valence-electron chi connectivity index (χ4n) is 3.49. The molecule has 0 bridgehead atoms. The zero-order chi connectivity index (χ0) is 22.7. The van der Waals surface area contributed by atoms with Gasteiger partial charge >= 0.3 is 0 Å². The van der Waals surface area contributed by atoms with Crippen molar-refractivity contribution in [3.63, 3.8) is 0 Å². The van der Waals surface area contributed by atoms with Crippen LogP contribution >= 0.6 is 0 Å². The second-order valence-corrected chi connectivity index (χ2v) is 12.4. The van der Waals surface area contributed by atoms with Gasteiger partial charge in [-0.3, -0.25) is 4.79 Å². The van der Waals surface area contributed by atoms with E-state index in [0.717, 1.165) is 0 Å². The maximum atomic E-state index is 13.1. The van der Waals surface area contributed by atoms with Crippen LogP contribution in [0.2, 0.25) is 0 Å². The number of sulfonamides is 2. The third-order valence-electron chi connectivity index (χ3n) is 5.06. The molecule has 1 atom stereocenters. The molecule has 1 heterocycles. The first kappa shape index (κ1) is 24.8. The van der Waals surface area contributed by atoms with Gasteiger partial charge < -0.3 is 5.32 Å². The van der Waals surface area contributed by atoms with E-state index in [1.807, 2.05) is 20.8 Å². The highest BCUT2D eigenvalue weighted by molar-refractivity contribution is 7.89. The van der Waals surface area contributed by atoms with Crippen molar-refractivity contribution in [2.75, 3.05) is 26.2 Å². The van der Waals surface area contributed by atoms with Crippen LogP contribution in [0.4, 0.5) is 0 Å². The molecule has 1 N–H and O–H groups in total. The van der Waals surface area contributed by atoms with E-state index in [9.17, 15) is 21.6 Å². The maximum Gasteiger partial charge on any atom is 0.243 e. The summed E-state index contributed by atoms with van der Waals surface area (Å²) in [5.41, 5.74) is -0.385. The van der Waals surface area contributed by atoms with Gasteiger partial charge in [0.1, 0.15) is 0 Å². The summed E-state index contributed by atoms with van der Waals surface area (Å²) in [6.45, 7) is 10.3. The van der Waals surface area contributed by atoms with Gasteiger partial charge in [-0.2, -0.15) is 8.61 Å². The highest BCUT2D eigenvalue weighted by Crippen LogP contribution is 2.26. The van der Waals surface area contributed by atoms with Crippen LogP contribution in [-0.2, 0) is 24.8 Å². The van der Waals surface area contributed by atoms with Crippen molar-refractivity contribution in [3.05, 3.63) is 24.3 Å². The fourth-order valence-corrected chi connectivity index (χ4v) is 6.47. The Bertz CT molecular complexity index is 947. The summed E-state index contributed by atoms with van der Waals surface area (Å²) in [5, 5.41) is 2.91. The zero-order valence-corrected chi connectivity index (χ0v) is 20.0. The number of piperidine rings is 1. The van der Waals surface area contributed by atoms with Crippen molar-refractivity contribution in [3.8, 4) is 0 Å². The number of carbonyl (C=O) groups excluding carboxylic acids is 1. The van der Waals surface area contributed by atoms with Gasteiger partial charge in [0.05, 0.1) is 15.7 Å².